The number of hydrogen-bond donors (Lipinski definition) is 0. The maximum absolute atomic E-state index is 13.0. The minimum atomic E-state index is -0.00956. The van der Waals surface area contributed by atoms with E-state index >= 15 is 0 Å². The number of aromatic nitrogens is 3. The molecule has 2 aromatic heterocycles. The second-order valence-corrected chi connectivity index (χ2v) is 6.59. The van der Waals surface area contributed by atoms with Gasteiger partial charge in [0.2, 0.25) is 5.88 Å². The van der Waals surface area contributed by atoms with Crippen molar-refractivity contribution in [2.45, 2.75) is 25.8 Å². The third-order valence-corrected chi connectivity index (χ3v) is 4.71. The lowest BCUT2D eigenvalue weighted by Crippen LogP contribution is -2.31. The van der Waals surface area contributed by atoms with Crippen LogP contribution in [0.15, 0.2) is 18.3 Å². The number of amides is 1. The van der Waals surface area contributed by atoms with E-state index in [2.05, 4.69) is 10.1 Å². The van der Waals surface area contributed by atoms with Gasteiger partial charge in [-0.25, -0.2) is 9.67 Å². The first-order valence-electron chi connectivity index (χ1n) is 8.46. The minimum Gasteiger partial charge on any atom is -0.481 e. The van der Waals surface area contributed by atoms with Gasteiger partial charge < -0.3 is 14.5 Å². The summed E-state index contributed by atoms with van der Waals surface area (Å²) in [4.78, 5) is 21.2. The van der Waals surface area contributed by atoms with Crippen molar-refractivity contribution in [3.8, 4) is 5.88 Å². The van der Waals surface area contributed by atoms with E-state index < -0.39 is 0 Å². The predicted octanol–water partition coefficient (Wildman–Crippen LogP) is 2.18. The fraction of sp³-hybridized carbons (Fsp3) is 0.500. The molecule has 0 bridgehead atoms. The van der Waals surface area contributed by atoms with Crippen molar-refractivity contribution < 1.29 is 9.53 Å². The van der Waals surface area contributed by atoms with Crippen LogP contribution in [0, 0.1) is 6.92 Å². The summed E-state index contributed by atoms with van der Waals surface area (Å²) in [5.41, 5.74) is 2.52. The molecular formula is C18H25N5O2. The van der Waals surface area contributed by atoms with Crippen LogP contribution in [0.3, 0.4) is 0 Å². The standard InChI is InChI=1S/C18H25N5O2/c1-12-16(18(25-5)22(4)20-12)14-7-6-10-23(14)17(24)13-8-9-15(19-11-13)21(2)3/h8-9,11,14H,6-7,10H2,1-5H3/t14-/m0/s1. The summed E-state index contributed by atoms with van der Waals surface area (Å²) in [6, 6.07) is 3.70. The Kier molecular flexibility index (Phi) is 4.65. The third-order valence-electron chi connectivity index (χ3n) is 4.71. The molecule has 0 saturated carbocycles. The number of carbonyl (C=O) groups is 1. The number of carbonyl (C=O) groups excluding carboxylic acids is 1. The maximum Gasteiger partial charge on any atom is 0.255 e. The first kappa shape index (κ1) is 17.3. The van der Waals surface area contributed by atoms with Gasteiger partial charge in [-0.2, -0.15) is 5.10 Å². The van der Waals surface area contributed by atoms with Gasteiger partial charge in [-0.15, -0.1) is 0 Å². The van der Waals surface area contributed by atoms with Gasteiger partial charge in [0.05, 0.1) is 30.0 Å². The van der Waals surface area contributed by atoms with Gasteiger partial charge in [-0.3, -0.25) is 4.79 Å². The van der Waals surface area contributed by atoms with Crippen LogP contribution in [0.1, 0.15) is 40.5 Å². The van der Waals surface area contributed by atoms with Crippen LogP contribution in [-0.4, -0.2) is 53.3 Å². The van der Waals surface area contributed by atoms with E-state index in [4.69, 9.17) is 4.74 Å². The van der Waals surface area contributed by atoms with Crippen molar-refractivity contribution in [2.75, 3.05) is 32.6 Å². The number of hydrogen-bond acceptors (Lipinski definition) is 5. The van der Waals surface area contributed by atoms with Gasteiger partial charge in [0.15, 0.2) is 0 Å². The van der Waals surface area contributed by atoms with Crippen molar-refractivity contribution in [1.29, 1.82) is 0 Å². The highest BCUT2D eigenvalue weighted by atomic mass is 16.5. The third kappa shape index (κ3) is 3.06. The van der Waals surface area contributed by atoms with Gasteiger partial charge in [0.25, 0.3) is 5.91 Å². The Morgan fingerprint density at radius 1 is 1.36 bits per heavy atom. The van der Waals surface area contributed by atoms with E-state index in [1.807, 2.05) is 50.0 Å². The summed E-state index contributed by atoms with van der Waals surface area (Å²) in [5, 5.41) is 4.46. The summed E-state index contributed by atoms with van der Waals surface area (Å²) >= 11 is 0. The number of ether oxygens (including phenoxy) is 1. The molecule has 0 N–H and O–H groups in total. The fourth-order valence-electron chi connectivity index (χ4n) is 3.53. The maximum atomic E-state index is 13.0. The molecule has 1 atom stereocenters. The van der Waals surface area contributed by atoms with Crippen LogP contribution in [0.25, 0.3) is 0 Å². The minimum absolute atomic E-state index is 0.00520. The zero-order chi connectivity index (χ0) is 18.1. The summed E-state index contributed by atoms with van der Waals surface area (Å²) in [6.07, 6.45) is 3.54. The van der Waals surface area contributed by atoms with E-state index in [-0.39, 0.29) is 11.9 Å². The van der Waals surface area contributed by atoms with Gasteiger partial charge in [0, 0.05) is 33.9 Å². The normalized spacial score (nSPS) is 17.0. The zero-order valence-corrected chi connectivity index (χ0v) is 15.5. The lowest BCUT2D eigenvalue weighted by molar-refractivity contribution is 0.0733. The topological polar surface area (TPSA) is 63.5 Å². The molecule has 0 aromatic carbocycles. The molecule has 7 heteroatoms. The molecule has 7 nitrogen and oxygen atoms in total. The molecule has 1 aliphatic rings. The van der Waals surface area contributed by atoms with E-state index in [0.29, 0.717) is 5.56 Å². The molecule has 1 saturated heterocycles. The number of anilines is 1. The van der Waals surface area contributed by atoms with E-state index in [0.717, 1.165) is 42.3 Å². The second kappa shape index (κ2) is 6.74. The first-order chi connectivity index (χ1) is 11.9. The van der Waals surface area contributed by atoms with E-state index in [1.165, 1.54) is 0 Å². The molecule has 0 aliphatic carbocycles. The predicted molar refractivity (Wildman–Crippen MR) is 96.1 cm³/mol. The van der Waals surface area contributed by atoms with Gasteiger partial charge in [-0.1, -0.05) is 0 Å². The van der Waals surface area contributed by atoms with Crippen LogP contribution >= 0.6 is 0 Å². The molecule has 3 heterocycles. The number of rotatable bonds is 4. The monoisotopic (exact) mass is 343 g/mol. The van der Waals surface area contributed by atoms with Crippen LogP contribution in [0.4, 0.5) is 5.82 Å². The van der Waals surface area contributed by atoms with Crippen molar-refractivity contribution >= 4 is 11.7 Å². The Morgan fingerprint density at radius 2 is 2.12 bits per heavy atom. The summed E-state index contributed by atoms with van der Waals surface area (Å²) in [7, 11) is 7.36. The Balaban J connectivity index is 1.90. The Labute approximate surface area is 148 Å². The van der Waals surface area contributed by atoms with Crippen molar-refractivity contribution in [1.82, 2.24) is 19.7 Å². The average molecular weight is 343 g/mol. The summed E-state index contributed by atoms with van der Waals surface area (Å²) < 4.78 is 7.27. The van der Waals surface area contributed by atoms with Gasteiger partial charge in [-0.05, 0) is 31.9 Å². The number of nitrogens with zero attached hydrogens (tertiary/aromatic N) is 5. The molecule has 1 fully saturated rings. The highest BCUT2D eigenvalue weighted by molar-refractivity contribution is 5.94. The molecule has 1 aliphatic heterocycles. The van der Waals surface area contributed by atoms with Crippen LogP contribution in [0.2, 0.25) is 0 Å². The van der Waals surface area contributed by atoms with Crippen LogP contribution < -0.4 is 9.64 Å². The largest absolute Gasteiger partial charge is 0.481 e. The molecule has 25 heavy (non-hydrogen) atoms. The molecule has 3 rings (SSSR count). The molecular weight excluding hydrogens is 318 g/mol. The Bertz CT molecular complexity index is 767. The number of pyridine rings is 1. The zero-order valence-electron chi connectivity index (χ0n) is 15.5. The second-order valence-electron chi connectivity index (χ2n) is 6.59. The number of methoxy groups -OCH3 is 1. The van der Waals surface area contributed by atoms with Gasteiger partial charge in [0.1, 0.15) is 5.82 Å². The average Bonchev–Trinajstić information content (AvgIpc) is 3.17. The van der Waals surface area contributed by atoms with Crippen molar-refractivity contribution in [2.24, 2.45) is 7.05 Å². The smallest absolute Gasteiger partial charge is 0.255 e. The highest BCUT2D eigenvalue weighted by Crippen LogP contribution is 2.39. The van der Waals surface area contributed by atoms with Crippen molar-refractivity contribution in [3.63, 3.8) is 0 Å². The van der Waals surface area contributed by atoms with Crippen molar-refractivity contribution in [3.05, 3.63) is 35.2 Å². The summed E-state index contributed by atoms with van der Waals surface area (Å²) in [5.74, 6) is 1.56. The molecule has 0 radical (unpaired) electrons. The molecule has 2 aromatic rings. The number of likely N-dealkylation sites (tertiary alicyclic amines) is 1. The fourth-order valence-corrected chi connectivity index (χ4v) is 3.53. The van der Waals surface area contributed by atoms with Crippen LogP contribution in [-0.2, 0) is 7.05 Å². The molecule has 134 valence electrons. The first-order valence-corrected chi connectivity index (χ1v) is 8.46. The Morgan fingerprint density at radius 3 is 2.72 bits per heavy atom. The summed E-state index contributed by atoms with van der Waals surface area (Å²) in [6.45, 7) is 2.70. The molecule has 1 amide bonds. The lowest BCUT2D eigenvalue weighted by atomic mass is 10.0. The van der Waals surface area contributed by atoms with Gasteiger partial charge >= 0.3 is 0 Å². The Hall–Kier alpha value is -2.57. The quantitative estimate of drug-likeness (QED) is 0.851. The molecule has 0 spiro atoms. The van der Waals surface area contributed by atoms with Crippen LogP contribution in [0.5, 0.6) is 5.88 Å². The number of aryl methyl sites for hydroxylation is 2. The van der Waals surface area contributed by atoms with E-state index in [1.54, 1.807) is 18.0 Å². The highest BCUT2D eigenvalue weighted by Gasteiger charge is 2.35. The van der Waals surface area contributed by atoms with E-state index in [9.17, 15) is 4.79 Å². The SMILES string of the molecule is COc1c([C@@H]2CCCN2C(=O)c2ccc(N(C)C)nc2)c(C)nn1C. The lowest BCUT2D eigenvalue weighted by Gasteiger charge is -2.25. The molecule has 0 unspecified atom stereocenters.